The average Bonchev–Trinajstić information content (AvgIpc) is 2.81. The molecule has 7 heteroatoms. The molecule has 3 amide bonds. The zero-order chi connectivity index (χ0) is 26.1. The first-order valence-electron chi connectivity index (χ1n) is 13.6. The van der Waals surface area contributed by atoms with E-state index in [1.54, 1.807) is 16.0 Å². The van der Waals surface area contributed by atoms with Crippen LogP contribution in [0.5, 0.6) is 0 Å². The lowest BCUT2D eigenvalue weighted by molar-refractivity contribution is 0.0170. The van der Waals surface area contributed by atoms with Gasteiger partial charge in [-0.3, -0.25) is 4.99 Å². The predicted molar refractivity (Wildman–Crippen MR) is 146 cm³/mol. The number of nitrogens with zero attached hydrogens (tertiary/aromatic N) is 3. The summed E-state index contributed by atoms with van der Waals surface area (Å²) in [6.07, 6.45) is 17.6. The minimum atomic E-state index is -0.524. The lowest BCUT2D eigenvalue weighted by Crippen LogP contribution is -2.53. The Morgan fingerprint density at radius 1 is 0.914 bits per heavy atom. The molecule has 200 valence electrons. The molecule has 7 nitrogen and oxygen atoms in total. The van der Waals surface area contributed by atoms with Crippen LogP contribution in [0.15, 0.2) is 29.0 Å². The highest BCUT2D eigenvalue weighted by atomic mass is 16.6. The van der Waals surface area contributed by atoms with Gasteiger partial charge < -0.3 is 19.9 Å². The predicted octanol–water partition coefficient (Wildman–Crippen LogP) is 7.05. The molecular formula is C28H50N4O3. The average molecular weight is 491 g/mol. The Labute approximate surface area is 214 Å². The second-order valence-corrected chi connectivity index (χ2v) is 10.4. The number of urea groups is 1. The van der Waals surface area contributed by atoms with Crippen molar-refractivity contribution < 1.29 is 14.3 Å². The van der Waals surface area contributed by atoms with E-state index in [4.69, 9.17) is 4.74 Å². The number of allylic oxidation sites excluding steroid dienone is 2. The van der Waals surface area contributed by atoms with Crippen LogP contribution < -0.4 is 5.32 Å². The lowest BCUT2D eigenvalue weighted by Gasteiger charge is -2.35. The minimum Gasteiger partial charge on any atom is -0.444 e. The zero-order valence-electron chi connectivity index (χ0n) is 23.2. The van der Waals surface area contributed by atoms with Gasteiger partial charge in [0.1, 0.15) is 5.60 Å². The van der Waals surface area contributed by atoms with Crippen molar-refractivity contribution >= 4 is 17.8 Å². The van der Waals surface area contributed by atoms with Crippen molar-refractivity contribution in [1.82, 2.24) is 15.1 Å². The van der Waals surface area contributed by atoms with Crippen LogP contribution in [-0.2, 0) is 4.74 Å². The molecule has 0 saturated carbocycles. The number of piperazine rings is 1. The monoisotopic (exact) mass is 490 g/mol. The van der Waals surface area contributed by atoms with E-state index in [0.717, 1.165) is 25.0 Å². The Morgan fingerprint density at radius 2 is 1.49 bits per heavy atom. The van der Waals surface area contributed by atoms with Crippen LogP contribution in [0.1, 0.15) is 106 Å². The topological polar surface area (TPSA) is 74.2 Å². The maximum atomic E-state index is 12.8. The maximum absolute atomic E-state index is 12.8. The molecular weight excluding hydrogens is 440 g/mol. The second kappa shape index (κ2) is 17.2. The number of hydrogen-bond acceptors (Lipinski definition) is 4. The van der Waals surface area contributed by atoms with E-state index in [1.807, 2.05) is 32.9 Å². The van der Waals surface area contributed by atoms with Gasteiger partial charge in [0.05, 0.1) is 11.9 Å². The van der Waals surface area contributed by atoms with Crippen LogP contribution in [-0.4, -0.2) is 59.4 Å². The number of hydrogen-bond donors (Lipinski definition) is 1. The Kier molecular flexibility index (Phi) is 15.1. The zero-order valence-corrected chi connectivity index (χ0v) is 23.2. The van der Waals surface area contributed by atoms with Crippen LogP contribution in [0.25, 0.3) is 0 Å². The van der Waals surface area contributed by atoms with Gasteiger partial charge >= 0.3 is 12.1 Å². The third kappa shape index (κ3) is 14.6. The van der Waals surface area contributed by atoms with E-state index < -0.39 is 5.60 Å². The molecule has 0 radical (unpaired) electrons. The Balaban J connectivity index is 2.50. The highest BCUT2D eigenvalue weighted by Crippen LogP contribution is 2.13. The van der Waals surface area contributed by atoms with E-state index >= 15 is 0 Å². The number of nitrogens with one attached hydrogen (secondary N) is 1. The van der Waals surface area contributed by atoms with Gasteiger partial charge in [-0.2, -0.15) is 0 Å². The van der Waals surface area contributed by atoms with Gasteiger partial charge in [-0.05, 0) is 53.0 Å². The van der Waals surface area contributed by atoms with E-state index in [9.17, 15) is 9.59 Å². The number of ether oxygens (including phenoxy) is 1. The fraction of sp³-hybridized carbons (Fsp3) is 0.750. The fourth-order valence-corrected chi connectivity index (χ4v) is 3.74. The molecule has 0 aromatic carbocycles. The number of carbonyl (C=O) groups excluding carboxylic acids is 2. The minimum absolute atomic E-state index is 0.170. The molecule has 1 aliphatic rings. The molecule has 0 unspecified atom stereocenters. The van der Waals surface area contributed by atoms with Crippen molar-refractivity contribution in [2.75, 3.05) is 26.2 Å². The van der Waals surface area contributed by atoms with Gasteiger partial charge in [0, 0.05) is 31.9 Å². The summed E-state index contributed by atoms with van der Waals surface area (Å²) >= 11 is 0. The van der Waals surface area contributed by atoms with Crippen molar-refractivity contribution in [2.24, 2.45) is 4.99 Å². The van der Waals surface area contributed by atoms with Gasteiger partial charge in [0.2, 0.25) is 0 Å². The standard InChI is InChI=1S/C28H50N4O3/c1-7-9-11-12-13-14-15-16-17-24(3)29-23-25(18-10-8-2)30-26(33)31-19-21-32(22-20-31)27(34)35-28(4,5)6/h10,18,23H,7-9,11-17,19-22H2,1-6H3,(H,30,33)/b18-10+,25-23+,29-24?. The van der Waals surface area contributed by atoms with Crippen LogP contribution in [0.4, 0.5) is 9.59 Å². The molecule has 0 aliphatic carbocycles. The number of unbranched alkanes of at least 4 members (excludes halogenated alkanes) is 7. The van der Waals surface area contributed by atoms with Gasteiger partial charge in [-0.25, -0.2) is 9.59 Å². The summed E-state index contributed by atoms with van der Waals surface area (Å²) in [4.78, 5) is 33.1. The largest absolute Gasteiger partial charge is 0.444 e. The maximum Gasteiger partial charge on any atom is 0.410 e. The number of amides is 3. The fourth-order valence-electron chi connectivity index (χ4n) is 3.74. The third-order valence-corrected chi connectivity index (χ3v) is 5.82. The number of aliphatic imine (C=N–C) groups is 1. The van der Waals surface area contributed by atoms with Crippen molar-refractivity contribution in [3.8, 4) is 0 Å². The van der Waals surface area contributed by atoms with Gasteiger partial charge in [0.25, 0.3) is 0 Å². The van der Waals surface area contributed by atoms with Crippen molar-refractivity contribution in [3.63, 3.8) is 0 Å². The van der Waals surface area contributed by atoms with Gasteiger partial charge in [-0.1, -0.05) is 64.9 Å². The third-order valence-electron chi connectivity index (χ3n) is 5.82. The smallest absolute Gasteiger partial charge is 0.410 e. The lowest BCUT2D eigenvalue weighted by atomic mass is 10.1. The molecule has 0 aromatic rings. The Morgan fingerprint density at radius 3 is 2.06 bits per heavy atom. The van der Waals surface area contributed by atoms with E-state index in [-0.39, 0.29) is 12.1 Å². The van der Waals surface area contributed by atoms with Gasteiger partial charge in [-0.15, -0.1) is 0 Å². The van der Waals surface area contributed by atoms with E-state index in [0.29, 0.717) is 31.9 Å². The van der Waals surface area contributed by atoms with Crippen LogP contribution in [0, 0.1) is 0 Å². The van der Waals surface area contributed by atoms with Crippen LogP contribution in [0.3, 0.4) is 0 Å². The Bertz CT molecular complexity index is 714. The summed E-state index contributed by atoms with van der Waals surface area (Å²) in [7, 11) is 0. The first kappa shape index (κ1) is 30.7. The molecule has 1 aliphatic heterocycles. The molecule has 1 fully saturated rings. The summed E-state index contributed by atoms with van der Waals surface area (Å²) in [5, 5.41) is 2.98. The molecule has 1 rings (SSSR count). The highest BCUT2D eigenvalue weighted by Gasteiger charge is 2.27. The Hall–Kier alpha value is -2.31. The number of carbonyl (C=O) groups is 2. The first-order chi connectivity index (χ1) is 16.7. The molecule has 0 aromatic heterocycles. The van der Waals surface area contributed by atoms with E-state index in [1.165, 1.54) is 44.9 Å². The summed E-state index contributed by atoms with van der Waals surface area (Å²) in [6, 6.07) is -0.170. The molecule has 0 bridgehead atoms. The van der Waals surface area contributed by atoms with Crippen LogP contribution in [0.2, 0.25) is 0 Å². The molecule has 1 N–H and O–H groups in total. The van der Waals surface area contributed by atoms with Crippen molar-refractivity contribution in [3.05, 3.63) is 24.0 Å². The summed E-state index contributed by atoms with van der Waals surface area (Å²) in [5.74, 6) is 0. The van der Waals surface area contributed by atoms with Crippen LogP contribution >= 0.6 is 0 Å². The van der Waals surface area contributed by atoms with Crippen molar-refractivity contribution in [2.45, 2.75) is 111 Å². The highest BCUT2D eigenvalue weighted by molar-refractivity contribution is 5.82. The summed E-state index contributed by atoms with van der Waals surface area (Å²) < 4.78 is 5.43. The summed E-state index contributed by atoms with van der Waals surface area (Å²) in [5.41, 5.74) is 1.24. The first-order valence-corrected chi connectivity index (χ1v) is 13.6. The normalized spacial score (nSPS) is 15.6. The van der Waals surface area contributed by atoms with Crippen molar-refractivity contribution in [1.29, 1.82) is 0 Å². The molecule has 35 heavy (non-hydrogen) atoms. The van der Waals surface area contributed by atoms with E-state index in [2.05, 4.69) is 31.1 Å². The van der Waals surface area contributed by atoms with Gasteiger partial charge in [0.15, 0.2) is 0 Å². The molecule has 1 heterocycles. The molecule has 0 atom stereocenters. The SMILES string of the molecule is CC/C=C/C(=C\N=C(C)CCCCCCCCCC)NC(=O)N1CCN(C(=O)OC(C)(C)C)CC1. The molecule has 0 spiro atoms. The molecule has 1 saturated heterocycles. The summed E-state index contributed by atoms with van der Waals surface area (Å²) in [6.45, 7) is 13.8. The second-order valence-electron chi connectivity index (χ2n) is 10.4. The number of rotatable bonds is 13. The quantitative estimate of drug-likeness (QED) is 0.171.